The molecule has 1 N–H and O–H groups in total. The lowest BCUT2D eigenvalue weighted by Crippen LogP contribution is -2.34. The number of thioether (sulfide) groups is 1. The maximum absolute atomic E-state index is 12.3. The van der Waals surface area contributed by atoms with Crippen LogP contribution >= 0.6 is 11.8 Å². The van der Waals surface area contributed by atoms with E-state index < -0.39 is 0 Å². The second-order valence-corrected chi connectivity index (χ2v) is 6.25. The molecule has 2 amide bonds. The monoisotopic (exact) mass is 308 g/mol. The van der Waals surface area contributed by atoms with Crippen molar-refractivity contribution in [2.45, 2.75) is 24.0 Å². The molecule has 5 nitrogen and oxygen atoms in total. The molecular weight excluding hydrogens is 288 g/mol. The third kappa shape index (κ3) is 3.32. The Morgan fingerprint density at radius 2 is 2.14 bits per heavy atom. The number of ether oxygens (including phenoxy) is 1. The van der Waals surface area contributed by atoms with E-state index in [1.807, 2.05) is 31.2 Å². The third-order valence-corrected chi connectivity index (χ3v) is 4.89. The van der Waals surface area contributed by atoms with E-state index in [4.69, 9.17) is 4.74 Å². The summed E-state index contributed by atoms with van der Waals surface area (Å²) in [6.45, 7) is 2.31. The molecule has 0 aromatic heterocycles. The van der Waals surface area contributed by atoms with E-state index in [1.165, 1.54) is 0 Å². The van der Waals surface area contributed by atoms with Gasteiger partial charge in [-0.15, -0.1) is 11.8 Å². The van der Waals surface area contributed by atoms with E-state index in [2.05, 4.69) is 5.32 Å². The molecule has 1 saturated heterocycles. The fraction of sp³-hybridized carbons (Fsp3) is 0.467. The van der Waals surface area contributed by atoms with Crippen LogP contribution in [0, 0.1) is 0 Å². The number of benzene rings is 1. The van der Waals surface area contributed by atoms with Crippen LogP contribution in [0.1, 0.15) is 24.3 Å². The average molecular weight is 308 g/mol. The normalized spacial score (nSPS) is 21.5. The highest BCUT2D eigenvalue weighted by molar-refractivity contribution is 8.01. The summed E-state index contributed by atoms with van der Waals surface area (Å²) < 4.78 is 5.39. The van der Waals surface area contributed by atoms with Gasteiger partial charge in [0.15, 0.2) is 0 Å². The van der Waals surface area contributed by atoms with Gasteiger partial charge < -0.3 is 15.0 Å². The molecule has 0 radical (unpaired) electrons. The van der Waals surface area contributed by atoms with Crippen LogP contribution in [0.25, 0.3) is 0 Å². The van der Waals surface area contributed by atoms with Crippen molar-refractivity contribution in [1.82, 2.24) is 10.2 Å². The van der Waals surface area contributed by atoms with Crippen molar-refractivity contribution >= 4 is 23.6 Å². The summed E-state index contributed by atoms with van der Waals surface area (Å²) >= 11 is 1.59. The summed E-state index contributed by atoms with van der Waals surface area (Å²) in [4.78, 5) is 25.5. The summed E-state index contributed by atoms with van der Waals surface area (Å²) in [5.41, 5.74) is 0.972. The second kappa shape index (κ2) is 6.85. The van der Waals surface area contributed by atoms with Crippen molar-refractivity contribution in [3.8, 4) is 5.75 Å². The molecule has 114 valence electrons. The minimum atomic E-state index is -0.107. The van der Waals surface area contributed by atoms with Crippen LogP contribution in [0.4, 0.5) is 0 Å². The first-order valence-corrected chi connectivity index (χ1v) is 7.82. The minimum Gasteiger partial charge on any atom is -0.496 e. The van der Waals surface area contributed by atoms with Crippen molar-refractivity contribution in [1.29, 1.82) is 0 Å². The number of nitrogens with zero attached hydrogens (tertiary/aromatic N) is 1. The van der Waals surface area contributed by atoms with Gasteiger partial charge in [-0.1, -0.05) is 18.2 Å². The highest BCUT2D eigenvalue weighted by atomic mass is 32.2. The number of carbonyl (C=O) groups excluding carboxylic acids is 2. The largest absolute Gasteiger partial charge is 0.496 e. The Morgan fingerprint density at radius 1 is 1.43 bits per heavy atom. The van der Waals surface area contributed by atoms with Crippen LogP contribution in [0.5, 0.6) is 5.75 Å². The third-order valence-electron chi connectivity index (χ3n) is 3.51. The second-order valence-electron chi connectivity index (χ2n) is 4.83. The first-order chi connectivity index (χ1) is 10.1. The Morgan fingerprint density at radius 3 is 2.81 bits per heavy atom. The van der Waals surface area contributed by atoms with E-state index in [9.17, 15) is 9.59 Å². The molecule has 0 unspecified atom stereocenters. The molecule has 0 bridgehead atoms. The molecule has 6 heteroatoms. The quantitative estimate of drug-likeness (QED) is 0.901. The van der Waals surface area contributed by atoms with E-state index >= 15 is 0 Å². The van der Waals surface area contributed by atoms with E-state index in [1.54, 1.807) is 30.8 Å². The molecule has 1 heterocycles. The standard InChI is InChI=1S/C15H20N2O3S/c1-10-14(19)17(9-8-13(18)16-2)15(21-10)11-6-4-5-7-12(11)20-3/h4-7,10,15H,8-9H2,1-3H3,(H,16,18)/t10-,15+/m0/s1. The lowest BCUT2D eigenvalue weighted by molar-refractivity contribution is -0.130. The number of methoxy groups -OCH3 is 1. The van der Waals surface area contributed by atoms with Gasteiger partial charge in [0, 0.05) is 25.6 Å². The molecule has 0 saturated carbocycles. The van der Waals surface area contributed by atoms with Crippen molar-refractivity contribution in [3.05, 3.63) is 29.8 Å². The molecule has 1 aromatic rings. The van der Waals surface area contributed by atoms with Gasteiger partial charge in [-0.25, -0.2) is 0 Å². The van der Waals surface area contributed by atoms with Gasteiger partial charge in [-0.3, -0.25) is 9.59 Å². The number of rotatable bonds is 5. The predicted octanol–water partition coefficient (Wildman–Crippen LogP) is 1.79. The summed E-state index contributed by atoms with van der Waals surface area (Å²) in [7, 11) is 3.22. The van der Waals surface area contributed by atoms with Gasteiger partial charge in [-0.2, -0.15) is 0 Å². The minimum absolute atomic E-state index is 0.0638. The van der Waals surface area contributed by atoms with Crippen molar-refractivity contribution in [2.75, 3.05) is 20.7 Å². The molecular formula is C15H20N2O3S. The van der Waals surface area contributed by atoms with Gasteiger partial charge in [0.05, 0.1) is 12.4 Å². The zero-order valence-electron chi connectivity index (χ0n) is 12.5. The van der Waals surface area contributed by atoms with Crippen molar-refractivity contribution < 1.29 is 14.3 Å². The van der Waals surface area contributed by atoms with E-state index in [-0.39, 0.29) is 22.4 Å². The molecule has 0 spiro atoms. The zero-order valence-corrected chi connectivity index (χ0v) is 13.3. The van der Waals surface area contributed by atoms with Gasteiger partial charge in [0.2, 0.25) is 11.8 Å². The molecule has 1 aliphatic rings. The van der Waals surface area contributed by atoms with Crippen LogP contribution in [0.3, 0.4) is 0 Å². The lowest BCUT2D eigenvalue weighted by atomic mass is 10.1. The first-order valence-electron chi connectivity index (χ1n) is 6.88. The maximum atomic E-state index is 12.3. The Balaban J connectivity index is 2.23. The number of hydrogen-bond donors (Lipinski definition) is 1. The number of para-hydroxylation sites is 1. The number of amides is 2. The van der Waals surface area contributed by atoms with Gasteiger partial charge in [-0.05, 0) is 13.0 Å². The Bertz CT molecular complexity index is 535. The predicted molar refractivity (Wildman–Crippen MR) is 83.2 cm³/mol. The van der Waals surface area contributed by atoms with Crippen LogP contribution in [-0.4, -0.2) is 42.7 Å². The lowest BCUT2D eigenvalue weighted by Gasteiger charge is -2.25. The summed E-state index contributed by atoms with van der Waals surface area (Å²) in [6.07, 6.45) is 0.307. The summed E-state index contributed by atoms with van der Waals surface area (Å²) in [6, 6.07) is 7.69. The highest BCUT2D eigenvalue weighted by Crippen LogP contribution is 2.45. The number of nitrogens with one attached hydrogen (secondary N) is 1. The molecule has 1 fully saturated rings. The highest BCUT2D eigenvalue weighted by Gasteiger charge is 2.39. The Hall–Kier alpha value is -1.69. The summed E-state index contributed by atoms with van der Waals surface area (Å²) in [5.74, 6) is 0.771. The Kier molecular flexibility index (Phi) is 5.12. The molecule has 2 atom stereocenters. The molecule has 21 heavy (non-hydrogen) atoms. The van der Waals surface area contributed by atoms with E-state index in [0.29, 0.717) is 13.0 Å². The van der Waals surface area contributed by atoms with Gasteiger partial charge in [0.25, 0.3) is 0 Å². The van der Waals surface area contributed by atoms with E-state index in [0.717, 1.165) is 11.3 Å². The van der Waals surface area contributed by atoms with Crippen molar-refractivity contribution in [2.24, 2.45) is 0 Å². The fourth-order valence-corrected chi connectivity index (χ4v) is 3.70. The van der Waals surface area contributed by atoms with Crippen LogP contribution in [0.15, 0.2) is 24.3 Å². The maximum Gasteiger partial charge on any atom is 0.236 e. The SMILES string of the molecule is CNC(=O)CCN1C(=O)[C@H](C)S[C@@H]1c1ccccc1OC. The van der Waals surface area contributed by atoms with Crippen LogP contribution in [-0.2, 0) is 9.59 Å². The van der Waals surface area contributed by atoms with Crippen LogP contribution < -0.4 is 10.1 Å². The van der Waals surface area contributed by atoms with Crippen molar-refractivity contribution in [3.63, 3.8) is 0 Å². The molecule has 0 aliphatic carbocycles. The Labute approximate surface area is 129 Å². The zero-order chi connectivity index (χ0) is 15.4. The summed E-state index contributed by atoms with van der Waals surface area (Å²) in [5, 5.41) is 2.37. The number of carbonyl (C=O) groups is 2. The first kappa shape index (κ1) is 15.7. The van der Waals surface area contributed by atoms with Gasteiger partial charge >= 0.3 is 0 Å². The molecule has 2 rings (SSSR count). The number of hydrogen-bond acceptors (Lipinski definition) is 4. The average Bonchev–Trinajstić information content (AvgIpc) is 2.80. The smallest absolute Gasteiger partial charge is 0.236 e. The molecule has 1 aliphatic heterocycles. The topological polar surface area (TPSA) is 58.6 Å². The van der Waals surface area contributed by atoms with Gasteiger partial charge in [0.1, 0.15) is 11.1 Å². The fourth-order valence-electron chi connectivity index (χ4n) is 2.36. The molecule has 1 aromatic carbocycles. The van der Waals surface area contributed by atoms with Crippen LogP contribution in [0.2, 0.25) is 0 Å².